The second-order valence-corrected chi connectivity index (χ2v) is 5.47. The van der Waals surface area contributed by atoms with Gasteiger partial charge in [0.05, 0.1) is 17.6 Å². The van der Waals surface area contributed by atoms with Crippen LogP contribution in [0.4, 0.5) is 0 Å². The fourth-order valence-electron chi connectivity index (χ4n) is 1.16. The van der Waals surface area contributed by atoms with E-state index in [9.17, 15) is 15.3 Å². The number of nitrogens with zero attached hydrogens (tertiary/aromatic N) is 3. The summed E-state index contributed by atoms with van der Waals surface area (Å²) >= 11 is 16.4. The second kappa shape index (κ2) is 11.7. The number of rotatable bonds is 12. The van der Waals surface area contributed by atoms with E-state index in [4.69, 9.17) is 49.0 Å². The van der Waals surface area contributed by atoms with E-state index in [0.717, 1.165) is 0 Å². The molecule has 0 amide bonds. The highest BCUT2D eigenvalue weighted by Crippen LogP contribution is 2.15. The molecule has 0 bridgehead atoms. The average Bonchev–Trinajstić information content (AvgIpc) is 2.61. The fourth-order valence-corrected chi connectivity index (χ4v) is 1.43. The van der Waals surface area contributed by atoms with Crippen LogP contribution in [-0.4, -0.2) is 86.0 Å². The van der Waals surface area contributed by atoms with Crippen molar-refractivity contribution in [1.29, 1.82) is 0 Å². The molecule has 1 heterocycles. The van der Waals surface area contributed by atoms with Crippen LogP contribution in [0.25, 0.3) is 0 Å². The van der Waals surface area contributed by atoms with Gasteiger partial charge in [-0.1, -0.05) is 0 Å². The molecule has 0 spiro atoms. The smallest absolute Gasteiger partial charge is 0.325 e. The first-order valence-corrected chi connectivity index (χ1v) is 8.45. The Labute approximate surface area is 153 Å². The maximum Gasteiger partial charge on any atom is 0.325 e. The maximum absolute atomic E-state index is 9.39. The van der Waals surface area contributed by atoms with Crippen molar-refractivity contribution in [3.63, 3.8) is 0 Å². The molecular formula is C12H18Cl3N3O6. The van der Waals surface area contributed by atoms with Crippen molar-refractivity contribution >= 4 is 34.8 Å². The minimum atomic E-state index is -0.909. The lowest BCUT2D eigenvalue weighted by Gasteiger charge is -2.13. The lowest BCUT2D eigenvalue weighted by molar-refractivity contribution is 0.101. The highest BCUT2D eigenvalue weighted by Gasteiger charge is 2.14. The van der Waals surface area contributed by atoms with Gasteiger partial charge in [0, 0.05) is 0 Å². The minimum absolute atomic E-state index is 0.0262. The number of ether oxygens (including phenoxy) is 3. The first kappa shape index (κ1) is 21.2. The maximum atomic E-state index is 9.39. The quantitative estimate of drug-likeness (QED) is 0.405. The van der Waals surface area contributed by atoms with Gasteiger partial charge >= 0.3 is 18.0 Å². The van der Waals surface area contributed by atoms with Gasteiger partial charge < -0.3 is 29.5 Å². The summed E-state index contributed by atoms with van der Waals surface area (Å²) in [5.41, 5.74) is 0. The Bertz CT molecular complexity index is 408. The number of aliphatic hydroxyl groups excluding tert-OH is 3. The van der Waals surface area contributed by atoms with Gasteiger partial charge in [-0.05, 0) is 0 Å². The van der Waals surface area contributed by atoms with Crippen LogP contribution >= 0.6 is 34.8 Å². The first-order chi connectivity index (χ1) is 11.5. The van der Waals surface area contributed by atoms with Crippen molar-refractivity contribution < 1.29 is 29.5 Å². The van der Waals surface area contributed by atoms with Gasteiger partial charge in [0.15, 0.2) is 0 Å². The summed E-state index contributed by atoms with van der Waals surface area (Å²) in [5, 5.41) is 28.2. The van der Waals surface area contributed by atoms with Gasteiger partial charge in [0.1, 0.15) is 38.1 Å². The number of hydrogen-bond acceptors (Lipinski definition) is 9. The molecule has 0 aliphatic heterocycles. The van der Waals surface area contributed by atoms with Crippen molar-refractivity contribution in [3.8, 4) is 18.0 Å². The number of hydrogen-bond donors (Lipinski definition) is 3. The van der Waals surface area contributed by atoms with Crippen molar-refractivity contribution in [2.45, 2.75) is 18.3 Å². The summed E-state index contributed by atoms with van der Waals surface area (Å²) in [7, 11) is 0. The summed E-state index contributed by atoms with van der Waals surface area (Å²) < 4.78 is 15.5. The Morgan fingerprint density at radius 2 is 0.875 bits per heavy atom. The second-order valence-electron chi connectivity index (χ2n) is 4.54. The number of aliphatic hydroxyl groups is 3. The van der Waals surface area contributed by atoms with Crippen molar-refractivity contribution in [2.75, 3.05) is 37.5 Å². The molecular weight excluding hydrogens is 389 g/mol. The molecule has 9 nitrogen and oxygen atoms in total. The molecule has 0 aliphatic rings. The number of alkyl halides is 3. The molecule has 0 radical (unpaired) electrons. The predicted molar refractivity (Wildman–Crippen MR) is 86.5 cm³/mol. The van der Waals surface area contributed by atoms with Crippen LogP contribution in [0.3, 0.4) is 0 Å². The van der Waals surface area contributed by atoms with E-state index >= 15 is 0 Å². The van der Waals surface area contributed by atoms with Crippen LogP contribution in [-0.2, 0) is 0 Å². The van der Waals surface area contributed by atoms with Gasteiger partial charge in [-0.2, -0.15) is 0 Å². The minimum Gasteiger partial charge on any atom is -0.460 e. The summed E-state index contributed by atoms with van der Waals surface area (Å²) in [6.07, 6.45) is -2.73. The summed E-state index contributed by atoms with van der Waals surface area (Å²) in [6.45, 7) is -0.455. The molecule has 0 aliphatic carbocycles. The van der Waals surface area contributed by atoms with Crippen LogP contribution in [0.15, 0.2) is 0 Å². The highest BCUT2D eigenvalue weighted by atomic mass is 35.5. The van der Waals surface area contributed by atoms with E-state index in [1.807, 2.05) is 0 Å². The Balaban J connectivity index is 2.79. The molecule has 0 fully saturated rings. The average molecular weight is 407 g/mol. The van der Waals surface area contributed by atoms with Gasteiger partial charge in [0.25, 0.3) is 0 Å². The Morgan fingerprint density at radius 1 is 0.625 bits per heavy atom. The first-order valence-electron chi connectivity index (χ1n) is 6.85. The zero-order chi connectivity index (χ0) is 17.9. The van der Waals surface area contributed by atoms with E-state index in [0.29, 0.717) is 0 Å². The molecule has 0 saturated carbocycles. The molecule has 1 aromatic heterocycles. The largest absolute Gasteiger partial charge is 0.460 e. The van der Waals surface area contributed by atoms with E-state index in [1.165, 1.54) is 0 Å². The monoisotopic (exact) mass is 405 g/mol. The van der Waals surface area contributed by atoms with E-state index < -0.39 is 18.3 Å². The van der Waals surface area contributed by atoms with Gasteiger partial charge in [-0.15, -0.1) is 49.8 Å². The van der Waals surface area contributed by atoms with Crippen molar-refractivity contribution in [3.05, 3.63) is 0 Å². The van der Waals surface area contributed by atoms with Crippen LogP contribution in [0.5, 0.6) is 18.0 Å². The number of aromatic nitrogens is 3. The molecule has 12 heteroatoms. The summed E-state index contributed by atoms with van der Waals surface area (Å²) in [6, 6.07) is -0.542. The normalized spacial score (nSPS) is 14.8. The molecule has 0 aromatic carbocycles. The van der Waals surface area contributed by atoms with Crippen LogP contribution in [0.2, 0.25) is 0 Å². The van der Waals surface area contributed by atoms with Crippen molar-refractivity contribution in [2.24, 2.45) is 0 Å². The fraction of sp³-hybridized carbons (Fsp3) is 0.750. The van der Waals surface area contributed by atoms with E-state index in [2.05, 4.69) is 15.0 Å². The third kappa shape index (κ3) is 8.32. The predicted octanol–water partition coefficient (Wildman–Crippen LogP) is -0.193. The lowest BCUT2D eigenvalue weighted by Crippen LogP contribution is -2.23. The zero-order valence-electron chi connectivity index (χ0n) is 12.5. The van der Waals surface area contributed by atoms with E-state index in [1.54, 1.807) is 0 Å². The molecule has 1 aromatic rings. The van der Waals surface area contributed by atoms with Crippen LogP contribution in [0.1, 0.15) is 0 Å². The molecule has 3 atom stereocenters. The zero-order valence-corrected chi connectivity index (χ0v) is 14.8. The Kier molecular flexibility index (Phi) is 10.3. The summed E-state index contributed by atoms with van der Waals surface area (Å²) in [5.74, 6) is -0.0785. The van der Waals surface area contributed by atoms with Crippen LogP contribution < -0.4 is 14.2 Å². The van der Waals surface area contributed by atoms with E-state index in [-0.39, 0.29) is 55.5 Å². The summed E-state index contributed by atoms with van der Waals surface area (Å²) in [4.78, 5) is 11.5. The van der Waals surface area contributed by atoms with Crippen LogP contribution in [0, 0.1) is 0 Å². The molecule has 0 saturated heterocycles. The third-order valence-corrected chi connectivity index (χ3v) is 3.39. The molecule has 24 heavy (non-hydrogen) atoms. The SMILES string of the molecule is OC(CCl)COc1nc(OCC(O)CCl)nc(OCC(O)CCl)n1. The van der Waals surface area contributed by atoms with Gasteiger partial charge in [-0.3, -0.25) is 0 Å². The third-order valence-electron chi connectivity index (χ3n) is 2.32. The Morgan fingerprint density at radius 3 is 1.08 bits per heavy atom. The van der Waals surface area contributed by atoms with Crippen molar-refractivity contribution in [1.82, 2.24) is 15.0 Å². The standard InChI is InChI=1S/C12H18Cl3N3O6/c13-1-7(19)4-22-10-16-11(23-5-8(20)2-14)18-12(17-10)24-6-9(21)3-15/h7-9,19-21H,1-6H2. The lowest BCUT2D eigenvalue weighted by atomic mass is 10.4. The molecule has 3 N–H and O–H groups in total. The highest BCUT2D eigenvalue weighted by molar-refractivity contribution is 6.18. The molecule has 3 unspecified atom stereocenters. The topological polar surface area (TPSA) is 127 Å². The van der Waals surface area contributed by atoms with Gasteiger partial charge in [0.2, 0.25) is 0 Å². The number of halogens is 3. The Hall–Kier alpha value is -0.840. The molecule has 1 rings (SSSR count). The molecule has 138 valence electrons. The van der Waals surface area contributed by atoms with Gasteiger partial charge in [-0.25, -0.2) is 0 Å².